The topological polar surface area (TPSA) is 61.4 Å². The van der Waals surface area contributed by atoms with Gasteiger partial charge in [0.25, 0.3) is 0 Å². The molecule has 2 N–H and O–H groups in total. The normalized spacial score (nSPS) is 29.1. The summed E-state index contributed by atoms with van der Waals surface area (Å²) in [5, 5.41) is 6.31. The molecule has 19 heavy (non-hydrogen) atoms. The van der Waals surface area contributed by atoms with Crippen molar-refractivity contribution >= 4 is 11.8 Å². The van der Waals surface area contributed by atoms with Crippen LogP contribution in [0.3, 0.4) is 0 Å². The number of nitrogens with one attached hydrogen (secondary N) is 2. The van der Waals surface area contributed by atoms with E-state index < -0.39 is 0 Å². The molecule has 108 valence electrons. The molecule has 1 unspecified atom stereocenters. The van der Waals surface area contributed by atoms with Gasteiger partial charge in [-0.05, 0) is 45.6 Å². The van der Waals surface area contributed by atoms with Crippen LogP contribution < -0.4 is 10.6 Å². The summed E-state index contributed by atoms with van der Waals surface area (Å²) in [4.78, 5) is 25.6. The molecule has 0 bridgehead atoms. The fourth-order valence-corrected chi connectivity index (χ4v) is 3.10. The SMILES string of the molecule is CC(=O)NC1CCN(C(=O)C2(C)CCCCN2)CC1. The summed E-state index contributed by atoms with van der Waals surface area (Å²) in [6.45, 7) is 6.01. The van der Waals surface area contributed by atoms with Crippen molar-refractivity contribution in [1.82, 2.24) is 15.5 Å². The monoisotopic (exact) mass is 267 g/mol. The van der Waals surface area contributed by atoms with Gasteiger partial charge in [0.15, 0.2) is 0 Å². The van der Waals surface area contributed by atoms with E-state index in [2.05, 4.69) is 10.6 Å². The Labute approximate surface area is 115 Å². The Morgan fingerprint density at radius 3 is 2.47 bits per heavy atom. The number of carbonyl (C=O) groups excluding carboxylic acids is 2. The second-order valence-corrected chi connectivity index (χ2v) is 5.98. The van der Waals surface area contributed by atoms with Crippen LogP contribution in [0.4, 0.5) is 0 Å². The molecule has 2 rings (SSSR count). The van der Waals surface area contributed by atoms with Gasteiger partial charge in [-0.1, -0.05) is 0 Å². The summed E-state index contributed by atoms with van der Waals surface area (Å²) < 4.78 is 0. The summed E-state index contributed by atoms with van der Waals surface area (Å²) >= 11 is 0. The molecule has 0 spiro atoms. The van der Waals surface area contributed by atoms with Crippen molar-refractivity contribution in [2.45, 2.75) is 57.5 Å². The predicted octanol–water partition coefficient (Wildman–Crippen LogP) is 0.646. The highest BCUT2D eigenvalue weighted by Crippen LogP contribution is 2.23. The Hall–Kier alpha value is -1.10. The number of carbonyl (C=O) groups is 2. The standard InChI is InChI=1S/C14H25N3O2/c1-11(18)16-12-5-9-17(10-6-12)13(19)14(2)7-3-4-8-15-14/h12,15H,3-10H2,1-2H3,(H,16,18). The molecule has 0 aromatic heterocycles. The minimum atomic E-state index is -0.376. The van der Waals surface area contributed by atoms with E-state index in [9.17, 15) is 9.59 Å². The first-order valence-electron chi connectivity index (χ1n) is 7.33. The van der Waals surface area contributed by atoms with E-state index in [4.69, 9.17) is 0 Å². The molecule has 0 radical (unpaired) electrons. The fraction of sp³-hybridized carbons (Fsp3) is 0.857. The van der Waals surface area contributed by atoms with Crippen molar-refractivity contribution in [3.8, 4) is 0 Å². The molecule has 2 saturated heterocycles. The third-order valence-electron chi connectivity index (χ3n) is 4.28. The van der Waals surface area contributed by atoms with Gasteiger partial charge in [0, 0.05) is 26.1 Å². The van der Waals surface area contributed by atoms with Gasteiger partial charge in [-0.2, -0.15) is 0 Å². The maximum absolute atomic E-state index is 12.6. The maximum atomic E-state index is 12.6. The van der Waals surface area contributed by atoms with Crippen LogP contribution in [0.2, 0.25) is 0 Å². The molecule has 5 nitrogen and oxygen atoms in total. The quantitative estimate of drug-likeness (QED) is 0.772. The van der Waals surface area contributed by atoms with Gasteiger partial charge in [-0.15, -0.1) is 0 Å². The summed E-state index contributed by atoms with van der Waals surface area (Å²) in [7, 11) is 0. The molecule has 0 saturated carbocycles. The molecule has 5 heteroatoms. The number of hydrogen-bond donors (Lipinski definition) is 2. The lowest BCUT2D eigenvalue weighted by Gasteiger charge is -2.40. The molecular formula is C14H25N3O2. The van der Waals surface area contributed by atoms with Crippen molar-refractivity contribution in [1.29, 1.82) is 0 Å². The number of rotatable bonds is 2. The number of likely N-dealkylation sites (tertiary alicyclic amines) is 1. The van der Waals surface area contributed by atoms with Crippen molar-refractivity contribution < 1.29 is 9.59 Å². The third-order valence-corrected chi connectivity index (χ3v) is 4.28. The molecule has 2 fully saturated rings. The van der Waals surface area contributed by atoms with Crippen LogP contribution in [-0.2, 0) is 9.59 Å². The molecule has 2 amide bonds. The zero-order chi connectivity index (χ0) is 13.9. The Balaban J connectivity index is 1.86. The number of amides is 2. The van der Waals surface area contributed by atoms with Crippen molar-refractivity contribution in [2.75, 3.05) is 19.6 Å². The molecule has 1 atom stereocenters. The highest BCUT2D eigenvalue weighted by Gasteiger charge is 2.38. The second-order valence-electron chi connectivity index (χ2n) is 5.98. The van der Waals surface area contributed by atoms with Crippen LogP contribution in [0.15, 0.2) is 0 Å². The Morgan fingerprint density at radius 1 is 1.26 bits per heavy atom. The molecular weight excluding hydrogens is 242 g/mol. The van der Waals surface area contributed by atoms with Gasteiger partial charge in [-0.25, -0.2) is 0 Å². The molecule has 0 aromatic rings. The van der Waals surface area contributed by atoms with Crippen molar-refractivity contribution in [2.24, 2.45) is 0 Å². The predicted molar refractivity (Wildman–Crippen MR) is 73.7 cm³/mol. The minimum Gasteiger partial charge on any atom is -0.353 e. The average molecular weight is 267 g/mol. The van der Waals surface area contributed by atoms with Crippen LogP contribution in [0.5, 0.6) is 0 Å². The zero-order valence-corrected chi connectivity index (χ0v) is 12.0. The van der Waals surface area contributed by atoms with Crippen molar-refractivity contribution in [3.05, 3.63) is 0 Å². The smallest absolute Gasteiger partial charge is 0.242 e. The van der Waals surface area contributed by atoms with Crippen LogP contribution in [0.25, 0.3) is 0 Å². The van der Waals surface area contributed by atoms with Gasteiger partial charge < -0.3 is 15.5 Å². The number of hydrogen-bond acceptors (Lipinski definition) is 3. The van der Waals surface area contributed by atoms with E-state index in [1.165, 1.54) is 0 Å². The van der Waals surface area contributed by atoms with Gasteiger partial charge in [-0.3, -0.25) is 9.59 Å². The van der Waals surface area contributed by atoms with Gasteiger partial charge in [0.1, 0.15) is 0 Å². The molecule has 2 heterocycles. The van der Waals surface area contributed by atoms with E-state index in [-0.39, 0.29) is 23.4 Å². The summed E-state index contributed by atoms with van der Waals surface area (Å²) in [6, 6.07) is 0.230. The minimum absolute atomic E-state index is 0.0192. The highest BCUT2D eigenvalue weighted by atomic mass is 16.2. The molecule has 0 aliphatic carbocycles. The number of nitrogens with zero attached hydrogens (tertiary/aromatic N) is 1. The summed E-state index contributed by atoms with van der Waals surface area (Å²) in [6.07, 6.45) is 4.94. The van der Waals surface area contributed by atoms with Gasteiger partial charge >= 0.3 is 0 Å². The van der Waals surface area contributed by atoms with Crippen molar-refractivity contribution in [3.63, 3.8) is 0 Å². The van der Waals surface area contributed by atoms with Gasteiger partial charge in [0.2, 0.25) is 11.8 Å². The highest BCUT2D eigenvalue weighted by molar-refractivity contribution is 5.86. The molecule has 2 aliphatic heterocycles. The maximum Gasteiger partial charge on any atom is 0.242 e. The third kappa shape index (κ3) is 3.47. The molecule has 0 aromatic carbocycles. The van der Waals surface area contributed by atoms with Crippen LogP contribution in [0.1, 0.15) is 46.0 Å². The van der Waals surface area contributed by atoms with E-state index in [1.54, 1.807) is 6.92 Å². The van der Waals surface area contributed by atoms with E-state index in [0.29, 0.717) is 0 Å². The van der Waals surface area contributed by atoms with Crippen LogP contribution in [-0.4, -0.2) is 47.9 Å². The first kappa shape index (κ1) is 14.3. The summed E-state index contributed by atoms with van der Waals surface area (Å²) in [5.74, 6) is 0.249. The first-order chi connectivity index (χ1) is 9.01. The average Bonchev–Trinajstić information content (AvgIpc) is 2.39. The second kappa shape index (κ2) is 5.90. The lowest BCUT2D eigenvalue weighted by Crippen LogP contribution is -2.60. The fourth-order valence-electron chi connectivity index (χ4n) is 3.10. The molecule has 2 aliphatic rings. The van der Waals surface area contributed by atoms with E-state index >= 15 is 0 Å². The lowest BCUT2D eigenvalue weighted by atomic mass is 9.88. The lowest BCUT2D eigenvalue weighted by molar-refractivity contribution is -0.140. The largest absolute Gasteiger partial charge is 0.353 e. The van der Waals surface area contributed by atoms with Crippen LogP contribution in [0, 0.1) is 0 Å². The Morgan fingerprint density at radius 2 is 1.95 bits per heavy atom. The Bertz CT molecular complexity index is 343. The van der Waals surface area contributed by atoms with Gasteiger partial charge in [0.05, 0.1) is 5.54 Å². The van der Waals surface area contributed by atoms with E-state index in [1.807, 2.05) is 11.8 Å². The summed E-state index contributed by atoms with van der Waals surface area (Å²) in [5.41, 5.74) is -0.376. The zero-order valence-electron chi connectivity index (χ0n) is 12.0. The Kier molecular flexibility index (Phi) is 4.45. The van der Waals surface area contributed by atoms with E-state index in [0.717, 1.165) is 51.7 Å². The first-order valence-corrected chi connectivity index (χ1v) is 7.33. The number of piperidine rings is 2. The van der Waals surface area contributed by atoms with Crippen LogP contribution >= 0.6 is 0 Å².